The van der Waals surface area contributed by atoms with E-state index in [9.17, 15) is 5.11 Å². The van der Waals surface area contributed by atoms with E-state index in [1.165, 1.54) is 0 Å². The van der Waals surface area contributed by atoms with Gasteiger partial charge in [0, 0.05) is 12.1 Å². The van der Waals surface area contributed by atoms with Crippen molar-refractivity contribution in [2.75, 3.05) is 6.61 Å². The lowest BCUT2D eigenvalue weighted by Gasteiger charge is -2.25. The van der Waals surface area contributed by atoms with Crippen LogP contribution in [-0.2, 0) is 6.54 Å². The molecule has 0 aromatic heterocycles. The third kappa shape index (κ3) is 6.25. The minimum atomic E-state index is -0.782. The minimum absolute atomic E-state index is 0.0698. The van der Waals surface area contributed by atoms with E-state index >= 15 is 0 Å². The van der Waals surface area contributed by atoms with Gasteiger partial charge in [0.15, 0.2) is 0 Å². The zero-order valence-electron chi connectivity index (χ0n) is 13.8. The number of aliphatic hydroxyl groups is 1. The molecular weight excluding hydrogens is 286 g/mol. The molecule has 0 aliphatic heterocycles. The average molecular weight is 314 g/mol. The van der Waals surface area contributed by atoms with Crippen LogP contribution in [0.15, 0.2) is 18.2 Å². The fourth-order valence-corrected chi connectivity index (χ4v) is 2.06. The van der Waals surface area contributed by atoms with Gasteiger partial charge in [0.2, 0.25) is 0 Å². The highest BCUT2D eigenvalue weighted by molar-refractivity contribution is 6.32. The van der Waals surface area contributed by atoms with Crippen molar-refractivity contribution in [3.8, 4) is 5.75 Å². The number of ether oxygens (including phenoxy) is 1. The summed E-state index contributed by atoms with van der Waals surface area (Å²) in [4.78, 5) is 0. The van der Waals surface area contributed by atoms with Gasteiger partial charge >= 0.3 is 0 Å². The molecule has 1 aromatic carbocycles. The number of rotatable bonds is 7. The van der Waals surface area contributed by atoms with E-state index in [1.807, 2.05) is 32.0 Å². The summed E-state index contributed by atoms with van der Waals surface area (Å²) in [6.45, 7) is 11.3. The first-order valence-corrected chi connectivity index (χ1v) is 7.95. The molecule has 4 heteroatoms. The quantitative estimate of drug-likeness (QED) is 0.794. The van der Waals surface area contributed by atoms with Crippen molar-refractivity contribution in [1.29, 1.82) is 0 Å². The molecule has 1 rings (SSSR count). The summed E-state index contributed by atoms with van der Waals surface area (Å²) in [5.74, 6) is 0.622. The molecule has 0 bridgehead atoms. The first-order chi connectivity index (χ1) is 9.69. The van der Waals surface area contributed by atoms with E-state index in [2.05, 4.69) is 26.1 Å². The molecule has 0 spiro atoms. The van der Waals surface area contributed by atoms with Gasteiger partial charge in [-0.1, -0.05) is 31.5 Å². The molecule has 0 radical (unpaired) electrons. The zero-order chi connectivity index (χ0) is 16.1. The Morgan fingerprint density at radius 1 is 1.19 bits per heavy atom. The van der Waals surface area contributed by atoms with Crippen LogP contribution >= 0.6 is 11.6 Å². The van der Waals surface area contributed by atoms with Gasteiger partial charge in [-0.15, -0.1) is 0 Å². The van der Waals surface area contributed by atoms with Gasteiger partial charge in [0.05, 0.1) is 10.6 Å². The Morgan fingerprint density at radius 3 is 2.29 bits per heavy atom. The molecule has 0 heterocycles. The van der Waals surface area contributed by atoms with E-state index in [4.69, 9.17) is 16.3 Å². The number of hydrogen-bond acceptors (Lipinski definition) is 3. The molecule has 1 aromatic rings. The molecule has 0 aliphatic carbocycles. The summed E-state index contributed by atoms with van der Waals surface area (Å²) in [6.07, 6.45) is 1.32. The van der Waals surface area contributed by atoms with E-state index < -0.39 is 5.60 Å². The molecule has 3 nitrogen and oxygen atoms in total. The van der Waals surface area contributed by atoms with Crippen LogP contribution in [0.1, 0.15) is 53.0 Å². The third-order valence-corrected chi connectivity index (χ3v) is 3.93. The molecule has 0 saturated heterocycles. The molecule has 21 heavy (non-hydrogen) atoms. The van der Waals surface area contributed by atoms with Gasteiger partial charge in [-0.3, -0.25) is 0 Å². The van der Waals surface area contributed by atoms with Crippen LogP contribution in [0, 0.1) is 0 Å². The summed E-state index contributed by atoms with van der Waals surface area (Å²) >= 11 is 6.26. The predicted molar refractivity (Wildman–Crippen MR) is 89.1 cm³/mol. The summed E-state index contributed by atoms with van der Waals surface area (Å²) in [5.41, 5.74) is 0.402. The lowest BCUT2D eigenvalue weighted by atomic mass is 9.99. The first kappa shape index (κ1) is 18.3. The number of halogens is 1. The minimum Gasteiger partial charge on any atom is -0.489 e. The second kappa shape index (κ2) is 7.48. The summed E-state index contributed by atoms with van der Waals surface area (Å²) in [7, 11) is 0. The van der Waals surface area contributed by atoms with Crippen molar-refractivity contribution in [2.24, 2.45) is 0 Å². The van der Waals surface area contributed by atoms with Crippen molar-refractivity contribution in [3.63, 3.8) is 0 Å². The number of hydrogen-bond donors (Lipinski definition) is 2. The van der Waals surface area contributed by atoms with Crippen molar-refractivity contribution in [3.05, 3.63) is 28.8 Å². The first-order valence-electron chi connectivity index (χ1n) is 7.58. The Labute approximate surface area is 133 Å². The normalized spacial score (nSPS) is 12.5. The monoisotopic (exact) mass is 313 g/mol. The average Bonchev–Trinajstić information content (AvgIpc) is 2.43. The molecule has 0 amide bonds. The Balaban J connectivity index is 2.66. The van der Waals surface area contributed by atoms with Crippen LogP contribution in [0.2, 0.25) is 5.02 Å². The SMILES string of the molecule is CCC(O)(CC)COc1ccc(CNC(C)(C)C)cc1Cl. The molecule has 120 valence electrons. The van der Waals surface area contributed by atoms with Gasteiger partial charge in [-0.25, -0.2) is 0 Å². The lowest BCUT2D eigenvalue weighted by Crippen LogP contribution is -2.35. The molecule has 0 unspecified atom stereocenters. The lowest BCUT2D eigenvalue weighted by molar-refractivity contribution is -0.0113. The molecule has 0 atom stereocenters. The zero-order valence-corrected chi connectivity index (χ0v) is 14.5. The maximum atomic E-state index is 10.2. The predicted octanol–water partition coefficient (Wildman–Crippen LogP) is 4.16. The van der Waals surface area contributed by atoms with Gasteiger partial charge in [0.25, 0.3) is 0 Å². The summed E-state index contributed by atoms with van der Waals surface area (Å²) < 4.78 is 5.68. The van der Waals surface area contributed by atoms with Gasteiger partial charge in [0.1, 0.15) is 12.4 Å². The van der Waals surface area contributed by atoms with Crippen LogP contribution in [-0.4, -0.2) is 22.9 Å². The van der Waals surface area contributed by atoms with Crippen LogP contribution < -0.4 is 10.1 Å². The highest BCUT2D eigenvalue weighted by Crippen LogP contribution is 2.27. The van der Waals surface area contributed by atoms with Crippen LogP contribution in [0.4, 0.5) is 0 Å². The summed E-state index contributed by atoms with van der Waals surface area (Å²) in [5, 5.41) is 14.2. The smallest absolute Gasteiger partial charge is 0.138 e. The second-order valence-corrected chi connectivity index (χ2v) is 7.00. The van der Waals surface area contributed by atoms with E-state index in [0.29, 0.717) is 23.6 Å². The standard InChI is InChI=1S/C17H28ClNO2/c1-6-17(20,7-2)12-21-15-9-8-13(10-14(15)18)11-19-16(3,4)5/h8-10,19-20H,6-7,11-12H2,1-5H3. The van der Waals surface area contributed by atoms with Crippen molar-refractivity contribution in [2.45, 2.75) is 65.1 Å². The van der Waals surface area contributed by atoms with Crippen molar-refractivity contribution in [1.82, 2.24) is 5.32 Å². The van der Waals surface area contributed by atoms with E-state index in [-0.39, 0.29) is 12.1 Å². The Hall–Kier alpha value is -0.770. The molecule has 0 fully saturated rings. The topological polar surface area (TPSA) is 41.5 Å². The molecule has 0 saturated carbocycles. The van der Waals surface area contributed by atoms with Gasteiger partial charge in [-0.2, -0.15) is 0 Å². The number of nitrogens with one attached hydrogen (secondary N) is 1. The van der Waals surface area contributed by atoms with Crippen molar-refractivity contribution < 1.29 is 9.84 Å². The fourth-order valence-electron chi connectivity index (χ4n) is 1.80. The highest BCUT2D eigenvalue weighted by Gasteiger charge is 2.23. The van der Waals surface area contributed by atoms with E-state index in [1.54, 1.807) is 0 Å². The summed E-state index contributed by atoms with van der Waals surface area (Å²) in [6, 6.07) is 5.78. The van der Waals surface area contributed by atoms with Crippen molar-refractivity contribution >= 4 is 11.6 Å². The molecule has 0 aliphatic rings. The maximum absolute atomic E-state index is 10.2. The van der Waals surface area contributed by atoms with Crippen LogP contribution in [0.3, 0.4) is 0 Å². The Kier molecular flexibility index (Phi) is 6.51. The maximum Gasteiger partial charge on any atom is 0.138 e. The molecule has 2 N–H and O–H groups in total. The van der Waals surface area contributed by atoms with Crippen LogP contribution in [0.25, 0.3) is 0 Å². The van der Waals surface area contributed by atoms with E-state index in [0.717, 1.165) is 12.1 Å². The fraction of sp³-hybridized carbons (Fsp3) is 0.647. The Morgan fingerprint density at radius 2 is 1.81 bits per heavy atom. The second-order valence-electron chi connectivity index (χ2n) is 6.59. The number of benzene rings is 1. The molecular formula is C17H28ClNO2. The largest absolute Gasteiger partial charge is 0.489 e. The third-order valence-electron chi connectivity index (χ3n) is 3.63. The van der Waals surface area contributed by atoms with Gasteiger partial charge in [-0.05, 0) is 51.3 Å². The highest BCUT2D eigenvalue weighted by atomic mass is 35.5. The van der Waals surface area contributed by atoms with Crippen LogP contribution in [0.5, 0.6) is 5.75 Å². The van der Waals surface area contributed by atoms with Gasteiger partial charge < -0.3 is 15.2 Å². The Bertz CT molecular complexity index is 451.